The molecule has 1 heterocycles. The molecule has 1 atom stereocenters. The van der Waals surface area contributed by atoms with Gasteiger partial charge in [-0.15, -0.1) is 0 Å². The molecule has 2 rings (SSSR count). The average Bonchev–Trinajstić information content (AvgIpc) is 2.71. The highest BCUT2D eigenvalue weighted by atomic mass is 35.5. The van der Waals surface area contributed by atoms with Crippen LogP contribution in [0.25, 0.3) is 0 Å². The molecule has 0 aliphatic heterocycles. The lowest BCUT2D eigenvalue weighted by molar-refractivity contribution is 0.555. The number of rotatable bonds is 3. The zero-order chi connectivity index (χ0) is 12.4. The van der Waals surface area contributed by atoms with Gasteiger partial charge in [0.2, 0.25) is 0 Å². The molecule has 0 fully saturated rings. The van der Waals surface area contributed by atoms with E-state index in [-0.39, 0.29) is 11.3 Å². The van der Waals surface area contributed by atoms with Crippen molar-refractivity contribution < 1.29 is 4.42 Å². The molecule has 0 spiro atoms. The first-order valence-electron chi connectivity index (χ1n) is 4.77. The fraction of sp³-hybridized carbons (Fsp3) is 0.0909. The Labute approximate surface area is 113 Å². The zero-order valence-corrected chi connectivity index (χ0v) is 10.9. The van der Waals surface area contributed by atoms with Gasteiger partial charge in [-0.2, -0.15) is 0 Å². The topological polar surface area (TPSA) is 51.2 Å². The smallest absolute Gasteiger partial charge is 0.198 e. The van der Waals surface area contributed by atoms with E-state index in [4.69, 9.17) is 45.1 Å². The molecule has 90 valence electrons. The number of hydrazine groups is 1. The van der Waals surface area contributed by atoms with Crippen molar-refractivity contribution >= 4 is 34.8 Å². The van der Waals surface area contributed by atoms with Gasteiger partial charge in [-0.3, -0.25) is 5.84 Å². The lowest BCUT2D eigenvalue weighted by atomic mass is 10.0. The van der Waals surface area contributed by atoms with E-state index in [1.54, 1.807) is 24.3 Å². The number of nitrogens with one attached hydrogen (secondary N) is 1. The first kappa shape index (κ1) is 12.7. The normalized spacial score (nSPS) is 12.7. The maximum atomic E-state index is 6.11. The van der Waals surface area contributed by atoms with E-state index in [0.29, 0.717) is 15.6 Å². The van der Waals surface area contributed by atoms with Gasteiger partial charge in [0, 0.05) is 15.6 Å². The number of benzene rings is 1. The number of hydrogen-bond donors (Lipinski definition) is 2. The van der Waals surface area contributed by atoms with E-state index in [9.17, 15) is 0 Å². The van der Waals surface area contributed by atoms with E-state index in [2.05, 4.69) is 5.43 Å². The Morgan fingerprint density at radius 2 is 1.88 bits per heavy atom. The molecule has 0 saturated carbocycles. The van der Waals surface area contributed by atoms with Gasteiger partial charge >= 0.3 is 0 Å². The van der Waals surface area contributed by atoms with Crippen LogP contribution in [0.5, 0.6) is 0 Å². The first-order valence-corrected chi connectivity index (χ1v) is 5.91. The van der Waals surface area contributed by atoms with Crippen molar-refractivity contribution in [3.05, 3.63) is 56.9 Å². The molecule has 3 N–H and O–H groups in total. The Morgan fingerprint density at radius 3 is 2.47 bits per heavy atom. The summed E-state index contributed by atoms with van der Waals surface area (Å²) in [5, 5.41) is 1.39. The minimum Gasteiger partial charge on any atom is -0.453 e. The monoisotopic (exact) mass is 290 g/mol. The van der Waals surface area contributed by atoms with E-state index in [1.807, 2.05) is 0 Å². The van der Waals surface area contributed by atoms with Gasteiger partial charge in [0.15, 0.2) is 5.22 Å². The fourth-order valence-corrected chi connectivity index (χ4v) is 2.22. The Kier molecular flexibility index (Phi) is 3.97. The summed E-state index contributed by atoms with van der Waals surface area (Å²) in [6, 6.07) is 6.50. The largest absolute Gasteiger partial charge is 0.453 e. The van der Waals surface area contributed by atoms with Crippen LogP contribution in [-0.2, 0) is 0 Å². The number of hydrogen-bond acceptors (Lipinski definition) is 3. The summed E-state index contributed by atoms with van der Waals surface area (Å²) in [4.78, 5) is 0. The maximum absolute atomic E-state index is 6.11. The second-order valence-electron chi connectivity index (χ2n) is 3.42. The predicted molar refractivity (Wildman–Crippen MR) is 69.3 cm³/mol. The van der Waals surface area contributed by atoms with Crippen LogP contribution >= 0.6 is 34.8 Å². The molecule has 0 amide bonds. The van der Waals surface area contributed by atoms with Crippen LogP contribution < -0.4 is 11.3 Å². The third-order valence-electron chi connectivity index (χ3n) is 2.39. The highest BCUT2D eigenvalue weighted by Gasteiger charge is 2.20. The van der Waals surface area contributed by atoms with E-state index < -0.39 is 0 Å². The van der Waals surface area contributed by atoms with Crippen molar-refractivity contribution in [3.8, 4) is 0 Å². The summed E-state index contributed by atoms with van der Waals surface area (Å²) in [5.74, 6) is 5.53. The fourth-order valence-electron chi connectivity index (χ4n) is 1.59. The van der Waals surface area contributed by atoms with Gasteiger partial charge < -0.3 is 4.42 Å². The number of nitrogens with two attached hydrogens (primary N) is 1. The quantitative estimate of drug-likeness (QED) is 0.668. The number of halogens is 3. The Hall–Kier alpha value is -0.710. The Balaban J connectivity index is 2.49. The summed E-state index contributed by atoms with van der Waals surface area (Å²) in [5.41, 5.74) is 4.09. The minimum absolute atomic E-state index is 0.268. The third kappa shape index (κ3) is 2.59. The highest BCUT2D eigenvalue weighted by molar-refractivity contribution is 6.33. The lowest BCUT2D eigenvalue weighted by Crippen LogP contribution is -2.29. The summed E-state index contributed by atoms with van der Waals surface area (Å²) < 4.78 is 5.03. The van der Waals surface area contributed by atoms with Crippen molar-refractivity contribution in [1.29, 1.82) is 0 Å². The standard InChI is InChI=1S/C11H9Cl3N2O/c12-6-1-2-9(13)8(5-6)10(16-15)7-3-4-17-11(7)14/h1-5,10,16H,15H2. The van der Waals surface area contributed by atoms with Gasteiger partial charge in [0.1, 0.15) is 0 Å². The van der Waals surface area contributed by atoms with Gasteiger partial charge in [0.25, 0.3) is 0 Å². The minimum atomic E-state index is -0.368. The van der Waals surface area contributed by atoms with Gasteiger partial charge in [-0.25, -0.2) is 5.43 Å². The highest BCUT2D eigenvalue weighted by Crippen LogP contribution is 2.33. The van der Waals surface area contributed by atoms with Crippen molar-refractivity contribution in [2.75, 3.05) is 0 Å². The van der Waals surface area contributed by atoms with Crippen LogP contribution in [0.4, 0.5) is 0 Å². The predicted octanol–water partition coefficient (Wildman–Crippen LogP) is 3.79. The second kappa shape index (κ2) is 5.29. The van der Waals surface area contributed by atoms with Crippen molar-refractivity contribution in [3.63, 3.8) is 0 Å². The molecule has 17 heavy (non-hydrogen) atoms. The van der Waals surface area contributed by atoms with E-state index in [1.165, 1.54) is 6.26 Å². The van der Waals surface area contributed by atoms with Crippen molar-refractivity contribution in [1.82, 2.24) is 5.43 Å². The van der Waals surface area contributed by atoms with Gasteiger partial charge in [0.05, 0.1) is 12.3 Å². The van der Waals surface area contributed by atoms with Crippen molar-refractivity contribution in [2.45, 2.75) is 6.04 Å². The van der Waals surface area contributed by atoms with E-state index >= 15 is 0 Å². The zero-order valence-electron chi connectivity index (χ0n) is 8.58. The molecule has 0 aliphatic rings. The molecular formula is C11H9Cl3N2O. The summed E-state index contributed by atoms with van der Waals surface area (Å²) in [6.07, 6.45) is 1.49. The molecule has 1 unspecified atom stereocenters. The van der Waals surface area contributed by atoms with Gasteiger partial charge in [-0.05, 0) is 41.4 Å². The molecule has 0 saturated heterocycles. The number of furan rings is 1. The van der Waals surface area contributed by atoms with E-state index in [0.717, 1.165) is 5.56 Å². The maximum Gasteiger partial charge on any atom is 0.198 e. The molecule has 1 aromatic carbocycles. The van der Waals surface area contributed by atoms with Gasteiger partial charge in [-0.1, -0.05) is 23.2 Å². The molecule has 0 bridgehead atoms. The molecule has 2 aromatic rings. The average molecular weight is 292 g/mol. The molecule has 0 aliphatic carbocycles. The Bertz CT molecular complexity index is 527. The van der Waals surface area contributed by atoms with Crippen LogP contribution in [0.2, 0.25) is 15.3 Å². The SMILES string of the molecule is NNC(c1cc(Cl)ccc1Cl)c1ccoc1Cl. The molecular weight excluding hydrogens is 282 g/mol. The van der Waals surface area contributed by atoms with Crippen LogP contribution in [0, 0.1) is 0 Å². The lowest BCUT2D eigenvalue weighted by Gasteiger charge is -2.16. The van der Waals surface area contributed by atoms with Crippen molar-refractivity contribution in [2.24, 2.45) is 5.84 Å². The van der Waals surface area contributed by atoms with Crippen LogP contribution in [0.3, 0.4) is 0 Å². The van der Waals surface area contributed by atoms with Crippen LogP contribution in [0.1, 0.15) is 17.2 Å². The van der Waals surface area contributed by atoms with Crippen LogP contribution in [0.15, 0.2) is 34.9 Å². The third-order valence-corrected chi connectivity index (χ3v) is 3.28. The molecule has 6 heteroatoms. The van der Waals surface area contributed by atoms with Crippen LogP contribution in [-0.4, -0.2) is 0 Å². The summed E-state index contributed by atoms with van der Waals surface area (Å²) >= 11 is 18.0. The molecule has 1 aromatic heterocycles. The Morgan fingerprint density at radius 1 is 1.12 bits per heavy atom. The second-order valence-corrected chi connectivity index (χ2v) is 4.60. The summed E-state index contributed by atoms with van der Waals surface area (Å²) in [7, 11) is 0. The summed E-state index contributed by atoms with van der Waals surface area (Å²) in [6.45, 7) is 0. The molecule has 0 radical (unpaired) electrons. The molecule has 3 nitrogen and oxygen atoms in total. The first-order chi connectivity index (χ1) is 8.13.